The maximum atomic E-state index is 5.96. The minimum Gasteiger partial charge on any atom is -0.490 e. The van der Waals surface area contributed by atoms with E-state index in [0.29, 0.717) is 11.5 Å². The molecular formula is C12H14O. The summed E-state index contributed by atoms with van der Waals surface area (Å²) in [6.45, 7) is 0. The Morgan fingerprint density at radius 3 is 3.15 bits per heavy atom. The van der Waals surface area contributed by atoms with E-state index in [-0.39, 0.29) is 0 Å². The number of hydrogen-bond acceptors (Lipinski definition) is 1. The Balaban J connectivity index is 1.79. The van der Waals surface area contributed by atoms with Crippen molar-refractivity contribution in [2.24, 2.45) is 17.3 Å². The second-order valence-corrected chi connectivity index (χ2v) is 4.99. The summed E-state index contributed by atoms with van der Waals surface area (Å²) in [5.41, 5.74) is 0.593. The van der Waals surface area contributed by atoms with Gasteiger partial charge in [0.25, 0.3) is 0 Å². The van der Waals surface area contributed by atoms with Gasteiger partial charge in [0.1, 0.15) is 6.10 Å². The summed E-state index contributed by atoms with van der Waals surface area (Å²) in [4.78, 5) is 0. The van der Waals surface area contributed by atoms with E-state index in [4.69, 9.17) is 4.74 Å². The van der Waals surface area contributed by atoms with Gasteiger partial charge < -0.3 is 4.74 Å². The lowest BCUT2D eigenvalue weighted by Gasteiger charge is -2.20. The number of fused-ring (bicyclic) bond motifs is 4. The van der Waals surface area contributed by atoms with Crippen molar-refractivity contribution < 1.29 is 4.74 Å². The van der Waals surface area contributed by atoms with E-state index in [1.807, 2.05) is 0 Å². The van der Waals surface area contributed by atoms with Gasteiger partial charge in [-0.15, -0.1) is 0 Å². The topological polar surface area (TPSA) is 9.23 Å². The van der Waals surface area contributed by atoms with Crippen LogP contribution in [0.25, 0.3) is 0 Å². The van der Waals surface area contributed by atoms with Gasteiger partial charge >= 0.3 is 0 Å². The molecule has 1 heterocycles. The van der Waals surface area contributed by atoms with Crippen LogP contribution in [0, 0.1) is 17.3 Å². The van der Waals surface area contributed by atoms with Crippen LogP contribution in [-0.4, -0.2) is 6.10 Å². The number of rotatable bonds is 0. The lowest BCUT2D eigenvalue weighted by Crippen LogP contribution is -2.22. The SMILES string of the molecule is C1=CC2(CC2)C2C1OC1=CCCC12. The molecule has 1 aliphatic heterocycles. The fourth-order valence-electron chi connectivity index (χ4n) is 3.58. The van der Waals surface area contributed by atoms with E-state index in [1.165, 1.54) is 31.4 Å². The Morgan fingerprint density at radius 2 is 2.31 bits per heavy atom. The van der Waals surface area contributed by atoms with Gasteiger partial charge in [-0.25, -0.2) is 0 Å². The average molecular weight is 174 g/mol. The second kappa shape index (κ2) is 1.87. The third kappa shape index (κ3) is 0.663. The summed E-state index contributed by atoms with van der Waals surface area (Å²) in [5.74, 6) is 2.93. The first kappa shape index (κ1) is 6.69. The van der Waals surface area contributed by atoms with Gasteiger partial charge in [-0.3, -0.25) is 0 Å². The first-order valence-electron chi connectivity index (χ1n) is 5.45. The van der Waals surface area contributed by atoms with E-state index in [1.54, 1.807) is 0 Å². The van der Waals surface area contributed by atoms with Crippen molar-refractivity contribution in [1.29, 1.82) is 0 Å². The summed E-state index contributed by atoms with van der Waals surface area (Å²) in [7, 11) is 0. The maximum Gasteiger partial charge on any atom is 0.121 e. The molecule has 3 unspecified atom stereocenters. The predicted molar refractivity (Wildman–Crippen MR) is 50.0 cm³/mol. The van der Waals surface area contributed by atoms with Gasteiger partial charge in [0.15, 0.2) is 0 Å². The normalized spacial score (nSPS) is 47.4. The Labute approximate surface area is 78.5 Å². The summed E-state index contributed by atoms with van der Waals surface area (Å²) in [5, 5.41) is 0. The van der Waals surface area contributed by atoms with Crippen molar-refractivity contribution >= 4 is 0 Å². The van der Waals surface area contributed by atoms with E-state index < -0.39 is 0 Å². The average Bonchev–Trinajstić information content (AvgIpc) is 2.50. The molecule has 1 saturated heterocycles. The standard InChI is InChI=1S/C12H14O/c1-2-8-9(3-1)13-10-4-5-12(6-7-12)11(8)10/h3-5,8,10-11H,1-2,6-7H2. The molecule has 0 aromatic carbocycles. The summed E-state index contributed by atoms with van der Waals surface area (Å²) in [6.07, 6.45) is 12.9. The molecule has 0 aromatic heterocycles. The summed E-state index contributed by atoms with van der Waals surface area (Å²) < 4.78 is 5.96. The summed E-state index contributed by atoms with van der Waals surface area (Å²) >= 11 is 0. The van der Waals surface area contributed by atoms with Gasteiger partial charge in [0, 0.05) is 11.8 Å². The molecule has 3 aliphatic carbocycles. The minimum absolute atomic E-state index is 0.444. The number of ether oxygens (including phenoxy) is 1. The third-order valence-electron chi connectivity index (χ3n) is 4.36. The molecule has 1 nitrogen and oxygen atoms in total. The first-order chi connectivity index (χ1) is 6.39. The molecule has 68 valence electrons. The Kier molecular flexibility index (Phi) is 0.960. The van der Waals surface area contributed by atoms with Crippen molar-refractivity contribution in [2.45, 2.75) is 31.8 Å². The van der Waals surface area contributed by atoms with E-state index >= 15 is 0 Å². The lowest BCUT2D eigenvalue weighted by atomic mass is 9.81. The zero-order chi connectivity index (χ0) is 8.47. The quantitative estimate of drug-likeness (QED) is 0.513. The zero-order valence-electron chi connectivity index (χ0n) is 7.70. The molecule has 4 rings (SSSR count). The predicted octanol–water partition coefficient (Wildman–Crippen LogP) is 2.65. The van der Waals surface area contributed by atoms with Crippen molar-refractivity contribution in [3.8, 4) is 0 Å². The molecule has 0 aromatic rings. The molecule has 4 aliphatic rings. The van der Waals surface area contributed by atoms with Gasteiger partial charge in [-0.1, -0.05) is 6.08 Å². The van der Waals surface area contributed by atoms with Crippen LogP contribution in [0.15, 0.2) is 24.0 Å². The first-order valence-corrected chi connectivity index (χ1v) is 5.45. The smallest absolute Gasteiger partial charge is 0.121 e. The van der Waals surface area contributed by atoms with Crippen LogP contribution in [0.3, 0.4) is 0 Å². The Bertz CT molecular complexity index is 322. The molecule has 0 amide bonds. The van der Waals surface area contributed by atoms with Gasteiger partial charge in [0.2, 0.25) is 0 Å². The van der Waals surface area contributed by atoms with Crippen LogP contribution in [0.2, 0.25) is 0 Å². The van der Waals surface area contributed by atoms with Crippen LogP contribution < -0.4 is 0 Å². The van der Waals surface area contributed by atoms with Crippen LogP contribution in [0.4, 0.5) is 0 Å². The highest BCUT2D eigenvalue weighted by Gasteiger charge is 2.60. The lowest BCUT2D eigenvalue weighted by molar-refractivity contribution is 0.161. The van der Waals surface area contributed by atoms with Gasteiger partial charge in [-0.2, -0.15) is 0 Å². The number of allylic oxidation sites excluding steroid dienone is 3. The molecule has 13 heavy (non-hydrogen) atoms. The molecule has 1 heteroatoms. The minimum atomic E-state index is 0.444. The highest BCUT2D eigenvalue weighted by Crippen LogP contribution is 2.65. The van der Waals surface area contributed by atoms with Crippen molar-refractivity contribution in [2.75, 3.05) is 0 Å². The molecule has 0 radical (unpaired) electrons. The number of hydrogen-bond donors (Lipinski definition) is 0. The molecule has 1 spiro atoms. The molecule has 0 bridgehead atoms. The fraction of sp³-hybridized carbons (Fsp3) is 0.667. The molecule has 0 N–H and O–H groups in total. The van der Waals surface area contributed by atoms with E-state index in [2.05, 4.69) is 18.2 Å². The van der Waals surface area contributed by atoms with Crippen LogP contribution in [0.5, 0.6) is 0 Å². The van der Waals surface area contributed by atoms with Crippen LogP contribution in [0.1, 0.15) is 25.7 Å². The largest absolute Gasteiger partial charge is 0.490 e. The van der Waals surface area contributed by atoms with Gasteiger partial charge in [0.05, 0.1) is 5.76 Å². The van der Waals surface area contributed by atoms with E-state index in [9.17, 15) is 0 Å². The third-order valence-corrected chi connectivity index (χ3v) is 4.36. The summed E-state index contributed by atoms with van der Waals surface area (Å²) in [6, 6.07) is 0. The molecule has 3 atom stereocenters. The molecular weight excluding hydrogens is 160 g/mol. The highest BCUT2D eigenvalue weighted by atomic mass is 16.5. The molecule has 1 saturated carbocycles. The maximum absolute atomic E-state index is 5.96. The Hall–Kier alpha value is -0.720. The van der Waals surface area contributed by atoms with E-state index in [0.717, 1.165) is 11.8 Å². The van der Waals surface area contributed by atoms with Crippen molar-refractivity contribution in [3.05, 3.63) is 24.0 Å². The van der Waals surface area contributed by atoms with Gasteiger partial charge in [-0.05, 0) is 43.3 Å². The van der Waals surface area contributed by atoms with Crippen molar-refractivity contribution in [1.82, 2.24) is 0 Å². The second-order valence-electron chi connectivity index (χ2n) is 4.99. The zero-order valence-corrected chi connectivity index (χ0v) is 7.70. The monoisotopic (exact) mass is 174 g/mol. The fourth-order valence-corrected chi connectivity index (χ4v) is 3.58. The molecule has 2 fully saturated rings. The van der Waals surface area contributed by atoms with Crippen molar-refractivity contribution in [3.63, 3.8) is 0 Å². The highest BCUT2D eigenvalue weighted by molar-refractivity contribution is 5.31. The van der Waals surface area contributed by atoms with Crippen LogP contribution in [-0.2, 0) is 4.74 Å². The van der Waals surface area contributed by atoms with Crippen LogP contribution >= 0.6 is 0 Å². The Morgan fingerprint density at radius 1 is 1.38 bits per heavy atom.